The highest BCUT2D eigenvalue weighted by molar-refractivity contribution is 7.19. The fourth-order valence-electron chi connectivity index (χ4n) is 1.16. The maximum absolute atomic E-state index is 4.23. The highest BCUT2D eigenvalue weighted by Crippen LogP contribution is 2.24. The van der Waals surface area contributed by atoms with Crippen LogP contribution in [0.3, 0.4) is 0 Å². The molecule has 2 rings (SSSR count). The van der Waals surface area contributed by atoms with E-state index in [2.05, 4.69) is 24.0 Å². The maximum Gasteiger partial charge on any atom is 0.0387 e. The van der Waals surface area contributed by atoms with Gasteiger partial charge in [-0.1, -0.05) is 0 Å². The van der Waals surface area contributed by atoms with Crippen molar-refractivity contribution in [3.05, 3.63) is 28.9 Å². The van der Waals surface area contributed by atoms with E-state index >= 15 is 0 Å². The van der Waals surface area contributed by atoms with Crippen LogP contribution in [0, 0.1) is 13.8 Å². The second kappa shape index (κ2) is 2.31. The molecule has 0 atom stereocenters. The zero-order valence-electron chi connectivity index (χ0n) is 6.59. The van der Waals surface area contributed by atoms with Crippen molar-refractivity contribution in [2.24, 2.45) is 0 Å². The van der Waals surface area contributed by atoms with Crippen LogP contribution >= 0.6 is 11.3 Å². The second-order valence-corrected chi connectivity index (χ2v) is 4.01. The molecule has 0 amide bonds. The minimum absolute atomic E-state index is 1.10. The van der Waals surface area contributed by atoms with E-state index in [-0.39, 0.29) is 0 Å². The Labute approximate surface area is 69.7 Å². The SMILES string of the molecule is Cc1cc2sc(C)cc2cn1. The van der Waals surface area contributed by atoms with E-state index in [1.807, 2.05) is 24.5 Å². The van der Waals surface area contributed by atoms with E-state index in [0.717, 1.165) is 5.69 Å². The lowest BCUT2D eigenvalue weighted by Gasteiger charge is -1.89. The number of hydrogen-bond donors (Lipinski definition) is 0. The summed E-state index contributed by atoms with van der Waals surface area (Å²) in [6.45, 7) is 4.15. The van der Waals surface area contributed by atoms with Gasteiger partial charge in [0.25, 0.3) is 0 Å². The van der Waals surface area contributed by atoms with Crippen LogP contribution in [-0.4, -0.2) is 4.98 Å². The lowest BCUT2D eigenvalue weighted by Crippen LogP contribution is -1.75. The molecule has 0 saturated heterocycles. The molecule has 2 aromatic rings. The average Bonchev–Trinajstić information content (AvgIpc) is 2.27. The zero-order chi connectivity index (χ0) is 7.84. The fourth-order valence-corrected chi connectivity index (χ4v) is 2.16. The zero-order valence-corrected chi connectivity index (χ0v) is 7.40. The summed E-state index contributed by atoms with van der Waals surface area (Å²) in [6, 6.07) is 4.30. The number of rotatable bonds is 0. The molecule has 0 bridgehead atoms. The van der Waals surface area contributed by atoms with Gasteiger partial charge in [0.15, 0.2) is 0 Å². The molecule has 0 saturated carbocycles. The Morgan fingerprint density at radius 2 is 2.09 bits per heavy atom. The summed E-state index contributed by atoms with van der Waals surface area (Å²) in [5, 5.41) is 1.26. The van der Waals surface area contributed by atoms with Crippen LogP contribution in [-0.2, 0) is 0 Å². The molecule has 0 radical (unpaired) electrons. The smallest absolute Gasteiger partial charge is 0.0387 e. The molecule has 0 spiro atoms. The van der Waals surface area contributed by atoms with E-state index in [1.165, 1.54) is 15.0 Å². The van der Waals surface area contributed by atoms with E-state index in [0.29, 0.717) is 0 Å². The fraction of sp³-hybridized carbons (Fsp3) is 0.222. The van der Waals surface area contributed by atoms with E-state index < -0.39 is 0 Å². The Balaban J connectivity index is 2.82. The van der Waals surface area contributed by atoms with Gasteiger partial charge in [-0.15, -0.1) is 11.3 Å². The van der Waals surface area contributed by atoms with Crippen molar-refractivity contribution < 1.29 is 0 Å². The van der Waals surface area contributed by atoms with Gasteiger partial charge in [-0.05, 0) is 26.0 Å². The molecule has 0 unspecified atom stereocenters. The van der Waals surface area contributed by atoms with Crippen molar-refractivity contribution in [1.82, 2.24) is 4.98 Å². The molecule has 0 aromatic carbocycles. The van der Waals surface area contributed by atoms with E-state index in [4.69, 9.17) is 0 Å². The third-order valence-electron chi connectivity index (χ3n) is 1.66. The molecule has 1 nitrogen and oxygen atoms in total. The molecule has 0 aliphatic rings. The molecule has 2 aromatic heterocycles. The number of fused-ring (bicyclic) bond motifs is 1. The molecule has 2 heteroatoms. The normalized spacial score (nSPS) is 10.7. The molecule has 56 valence electrons. The summed E-state index contributed by atoms with van der Waals surface area (Å²) in [5.41, 5.74) is 1.10. The first kappa shape index (κ1) is 6.80. The molecule has 0 aliphatic heterocycles. The van der Waals surface area contributed by atoms with Crippen LogP contribution in [0.25, 0.3) is 10.1 Å². The first-order chi connectivity index (χ1) is 5.25. The van der Waals surface area contributed by atoms with Gasteiger partial charge < -0.3 is 0 Å². The third-order valence-corrected chi connectivity index (χ3v) is 2.67. The van der Waals surface area contributed by atoms with Crippen LogP contribution < -0.4 is 0 Å². The van der Waals surface area contributed by atoms with Crippen molar-refractivity contribution in [3.8, 4) is 0 Å². The predicted molar refractivity (Wildman–Crippen MR) is 49.1 cm³/mol. The molecular weight excluding hydrogens is 154 g/mol. The topological polar surface area (TPSA) is 12.9 Å². The number of aromatic nitrogens is 1. The van der Waals surface area contributed by atoms with Crippen LogP contribution in [0.5, 0.6) is 0 Å². The Morgan fingerprint density at radius 1 is 1.27 bits per heavy atom. The van der Waals surface area contributed by atoms with Crippen molar-refractivity contribution >= 4 is 21.4 Å². The van der Waals surface area contributed by atoms with Gasteiger partial charge >= 0.3 is 0 Å². The number of hydrogen-bond acceptors (Lipinski definition) is 2. The van der Waals surface area contributed by atoms with Gasteiger partial charge in [-0.2, -0.15) is 0 Å². The van der Waals surface area contributed by atoms with Gasteiger partial charge in [-0.3, -0.25) is 4.98 Å². The van der Waals surface area contributed by atoms with E-state index in [1.54, 1.807) is 0 Å². The first-order valence-electron chi connectivity index (χ1n) is 3.58. The second-order valence-electron chi connectivity index (χ2n) is 2.72. The third kappa shape index (κ3) is 1.14. The Hall–Kier alpha value is -0.890. The number of thiophene rings is 1. The van der Waals surface area contributed by atoms with Gasteiger partial charge in [0.2, 0.25) is 0 Å². The summed E-state index contributed by atoms with van der Waals surface area (Å²) >= 11 is 1.83. The lowest BCUT2D eigenvalue weighted by atomic mass is 10.3. The molecule has 0 aliphatic carbocycles. The highest BCUT2D eigenvalue weighted by Gasteiger charge is 1.97. The standard InChI is InChI=1S/C9H9NS/c1-6-3-9-8(5-10-6)4-7(2)11-9/h3-5H,1-2H3. The summed E-state index contributed by atoms with van der Waals surface area (Å²) in [7, 11) is 0. The molecule has 0 N–H and O–H groups in total. The van der Waals surface area contributed by atoms with Gasteiger partial charge in [-0.25, -0.2) is 0 Å². The Morgan fingerprint density at radius 3 is 2.91 bits per heavy atom. The van der Waals surface area contributed by atoms with Crippen LogP contribution in [0.15, 0.2) is 18.3 Å². The molecule has 11 heavy (non-hydrogen) atoms. The maximum atomic E-state index is 4.23. The number of aryl methyl sites for hydroxylation is 2. The first-order valence-corrected chi connectivity index (χ1v) is 4.40. The van der Waals surface area contributed by atoms with Gasteiger partial charge in [0, 0.05) is 26.9 Å². The summed E-state index contributed by atoms with van der Waals surface area (Å²) < 4.78 is 1.34. The van der Waals surface area contributed by atoms with Gasteiger partial charge in [0.05, 0.1) is 0 Å². The van der Waals surface area contributed by atoms with Crippen molar-refractivity contribution in [3.63, 3.8) is 0 Å². The monoisotopic (exact) mass is 163 g/mol. The Bertz CT molecular complexity index is 389. The largest absolute Gasteiger partial charge is 0.261 e. The Kier molecular flexibility index (Phi) is 1.43. The van der Waals surface area contributed by atoms with Crippen LogP contribution in [0.2, 0.25) is 0 Å². The number of pyridine rings is 1. The summed E-state index contributed by atoms with van der Waals surface area (Å²) in [4.78, 5) is 5.58. The van der Waals surface area contributed by atoms with Crippen molar-refractivity contribution in [2.45, 2.75) is 13.8 Å². The number of nitrogens with zero attached hydrogens (tertiary/aromatic N) is 1. The van der Waals surface area contributed by atoms with Crippen LogP contribution in [0.4, 0.5) is 0 Å². The van der Waals surface area contributed by atoms with Gasteiger partial charge in [0.1, 0.15) is 0 Å². The lowest BCUT2D eigenvalue weighted by molar-refractivity contribution is 1.23. The average molecular weight is 163 g/mol. The summed E-state index contributed by atoms with van der Waals surface area (Å²) in [5.74, 6) is 0. The predicted octanol–water partition coefficient (Wildman–Crippen LogP) is 2.91. The highest BCUT2D eigenvalue weighted by atomic mass is 32.1. The van der Waals surface area contributed by atoms with Crippen molar-refractivity contribution in [1.29, 1.82) is 0 Å². The van der Waals surface area contributed by atoms with E-state index in [9.17, 15) is 0 Å². The minimum Gasteiger partial charge on any atom is -0.261 e. The molecule has 2 heterocycles. The molecular formula is C9H9NS. The van der Waals surface area contributed by atoms with Crippen LogP contribution in [0.1, 0.15) is 10.6 Å². The summed E-state index contributed by atoms with van der Waals surface area (Å²) in [6.07, 6.45) is 1.94. The quantitative estimate of drug-likeness (QED) is 0.582. The van der Waals surface area contributed by atoms with Crippen molar-refractivity contribution in [2.75, 3.05) is 0 Å². The molecule has 0 fully saturated rings. The minimum atomic E-state index is 1.10.